The van der Waals surface area contributed by atoms with Crippen LogP contribution in [0.5, 0.6) is 0 Å². The van der Waals surface area contributed by atoms with E-state index in [1.54, 1.807) is 0 Å². The van der Waals surface area contributed by atoms with Crippen LogP contribution in [0.1, 0.15) is 29.2 Å². The highest BCUT2D eigenvalue weighted by Gasteiger charge is 2.39. The summed E-state index contributed by atoms with van der Waals surface area (Å²) in [6, 6.07) is 21.0. The normalized spacial score (nSPS) is 13.8. The van der Waals surface area contributed by atoms with Crippen molar-refractivity contribution in [1.82, 2.24) is 4.90 Å². The van der Waals surface area contributed by atoms with E-state index in [9.17, 15) is 14.0 Å². The Morgan fingerprint density at radius 1 is 0.806 bits per heavy atom. The zero-order chi connectivity index (χ0) is 22.0. The van der Waals surface area contributed by atoms with E-state index in [4.69, 9.17) is 0 Å². The van der Waals surface area contributed by atoms with Crippen molar-refractivity contribution in [2.45, 2.75) is 26.8 Å². The molecule has 0 aliphatic carbocycles. The lowest BCUT2D eigenvalue weighted by molar-refractivity contribution is -0.137. The molecule has 0 unspecified atom stereocenters. The van der Waals surface area contributed by atoms with Crippen molar-refractivity contribution >= 4 is 23.1 Å². The first kappa shape index (κ1) is 20.5. The minimum atomic E-state index is -0.401. The summed E-state index contributed by atoms with van der Waals surface area (Å²) in [6.07, 6.45) is 0.908. The number of anilines is 1. The SMILES string of the molecule is CCc1ccc(NC2=C(c3ccc(F)cc3)C(=O)N(Cc3ccc(C)cc3)C2=O)cc1. The Hall–Kier alpha value is -3.73. The molecule has 2 amide bonds. The topological polar surface area (TPSA) is 49.4 Å². The second kappa shape index (κ2) is 8.56. The maximum absolute atomic E-state index is 13.5. The number of amides is 2. The molecule has 156 valence electrons. The number of nitrogens with zero attached hydrogens (tertiary/aromatic N) is 1. The summed E-state index contributed by atoms with van der Waals surface area (Å²) in [7, 11) is 0. The first-order valence-electron chi connectivity index (χ1n) is 10.2. The van der Waals surface area contributed by atoms with Gasteiger partial charge < -0.3 is 5.32 Å². The van der Waals surface area contributed by atoms with E-state index in [0.29, 0.717) is 11.3 Å². The minimum absolute atomic E-state index is 0.169. The van der Waals surface area contributed by atoms with E-state index in [0.717, 1.165) is 17.5 Å². The molecule has 3 aromatic carbocycles. The van der Waals surface area contributed by atoms with Crippen molar-refractivity contribution in [3.63, 3.8) is 0 Å². The second-order valence-corrected chi connectivity index (χ2v) is 7.61. The predicted octanol–water partition coefficient (Wildman–Crippen LogP) is 5.09. The van der Waals surface area contributed by atoms with Crippen LogP contribution < -0.4 is 5.32 Å². The summed E-state index contributed by atoms with van der Waals surface area (Å²) in [5, 5.41) is 3.13. The average Bonchev–Trinajstić information content (AvgIpc) is 3.00. The largest absolute Gasteiger partial charge is 0.350 e. The Kier molecular flexibility index (Phi) is 5.67. The van der Waals surface area contributed by atoms with Gasteiger partial charge in [-0.3, -0.25) is 14.5 Å². The summed E-state index contributed by atoms with van der Waals surface area (Å²) in [5.74, 6) is -1.20. The minimum Gasteiger partial charge on any atom is -0.350 e. The molecule has 5 heteroatoms. The molecule has 0 radical (unpaired) electrons. The Labute approximate surface area is 181 Å². The van der Waals surface area contributed by atoms with Gasteiger partial charge in [0, 0.05) is 5.69 Å². The highest BCUT2D eigenvalue weighted by Crippen LogP contribution is 2.31. The summed E-state index contributed by atoms with van der Waals surface area (Å²) < 4.78 is 13.5. The Balaban J connectivity index is 1.71. The number of halogens is 1. The number of hydrogen-bond donors (Lipinski definition) is 1. The van der Waals surface area contributed by atoms with Crippen molar-refractivity contribution in [1.29, 1.82) is 0 Å². The molecule has 4 rings (SSSR count). The standard InChI is InChI=1S/C26H23FN2O2/c1-3-18-8-14-22(15-9-18)28-24-23(20-10-12-21(27)13-11-20)25(30)29(26(24)31)16-19-6-4-17(2)5-7-19/h4-15,28H,3,16H2,1-2H3. The molecule has 0 atom stereocenters. The molecule has 4 nitrogen and oxygen atoms in total. The zero-order valence-corrected chi connectivity index (χ0v) is 17.5. The number of benzene rings is 3. The first-order valence-corrected chi connectivity index (χ1v) is 10.2. The van der Waals surface area contributed by atoms with Gasteiger partial charge in [-0.1, -0.05) is 61.0 Å². The predicted molar refractivity (Wildman–Crippen MR) is 119 cm³/mol. The third-order valence-electron chi connectivity index (χ3n) is 5.39. The summed E-state index contributed by atoms with van der Waals surface area (Å²) >= 11 is 0. The molecule has 1 N–H and O–H groups in total. The quantitative estimate of drug-likeness (QED) is 0.572. The van der Waals surface area contributed by atoms with Crippen molar-refractivity contribution < 1.29 is 14.0 Å². The lowest BCUT2D eigenvalue weighted by Gasteiger charge is -2.15. The van der Waals surface area contributed by atoms with Crippen molar-refractivity contribution in [2.75, 3.05) is 5.32 Å². The molecule has 3 aromatic rings. The molecule has 0 bridgehead atoms. The van der Waals surface area contributed by atoms with Crippen LogP contribution in [-0.4, -0.2) is 16.7 Å². The van der Waals surface area contributed by atoms with Gasteiger partial charge in [0.25, 0.3) is 11.8 Å². The van der Waals surface area contributed by atoms with Gasteiger partial charge in [-0.2, -0.15) is 0 Å². The second-order valence-electron chi connectivity index (χ2n) is 7.61. The van der Waals surface area contributed by atoms with E-state index in [1.807, 2.05) is 55.5 Å². The fourth-order valence-electron chi connectivity index (χ4n) is 3.56. The van der Waals surface area contributed by atoms with E-state index in [2.05, 4.69) is 12.2 Å². The molecule has 1 heterocycles. The lowest BCUT2D eigenvalue weighted by Crippen LogP contribution is -2.32. The fraction of sp³-hybridized carbons (Fsp3) is 0.154. The van der Waals surface area contributed by atoms with Crippen LogP contribution in [-0.2, 0) is 22.6 Å². The van der Waals surface area contributed by atoms with Gasteiger partial charge in [0.1, 0.15) is 11.5 Å². The van der Waals surface area contributed by atoms with Crippen LogP contribution in [0.25, 0.3) is 5.57 Å². The Morgan fingerprint density at radius 2 is 1.42 bits per heavy atom. The molecular formula is C26H23FN2O2. The third-order valence-corrected chi connectivity index (χ3v) is 5.39. The monoisotopic (exact) mass is 414 g/mol. The summed E-state index contributed by atoms with van der Waals surface area (Å²) in [5.41, 5.74) is 4.80. The summed E-state index contributed by atoms with van der Waals surface area (Å²) in [4.78, 5) is 27.8. The van der Waals surface area contributed by atoms with Gasteiger partial charge in [0.15, 0.2) is 0 Å². The summed E-state index contributed by atoms with van der Waals surface area (Å²) in [6.45, 7) is 4.22. The maximum atomic E-state index is 13.5. The smallest absolute Gasteiger partial charge is 0.278 e. The highest BCUT2D eigenvalue weighted by molar-refractivity contribution is 6.36. The van der Waals surface area contributed by atoms with Gasteiger partial charge in [-0.15, -0.1) is 0 Å². The molecule has 0 fully saturated rings. The maximum Gasteiger partial charge on any atom is 0.278 e. The van der Waals surface area contributed by atoms with Crippen LogP contribution in [0.15, 0.2) is 78.5 Å². The van der Waals surface area contributed by atoms with E-state index in [-0.39, 0.29) is 17.8 Å². The number of imide groups is 1. The first-order chi connectivity index (χ1) is 15.0. The van der Waals surface area contributed by atoms with Gasteiger partial charge in [0.2, 0.25) is 0 Å². The molecular weight excluding hydrogens is 391 g/mol. The van der Waals surface area contributed by atoms with Crippen LogP contribution in [0.4, 0.5) is 10.1 Å². The number of nitrogens with one attached hydrogen (secondary N) is 1. The fourth-order valence-corrected chi connectivity index (χ4v) is 3.56. The van der Waals surface area contributed by atoms with E-state index >= 15 is 0 Å². The number of hydrogen-bond acceptors (Lipinski definition) is 3. The molecule has 0 aromatic heterocycles. The molecule has 1 aliphatic rings. The molecule has 1 aliphatic heterocycles. The molecule has 0 saturated heterocycles. The van der Waals surface area contributed by atoms with Crippen LogP contribution in [0.3, 0.4) is 0 Å². The lowest BCUT2D eigenvalue weighted by atomic mass is 10.0. The zero-order valence-electron chi connectivity index (χ0n) is 17.5. The van der Waals surface area contributed by atoms with Gasteiger partial charge in [-0.05, 0) is 54.3 Å². The van der Waals surface area contributed by atoms with E-state index < -0.39 is 17.6 Å². The molecule has 31 heavy (non-hydrogen) atoms. The van der Waals surface area contributed by atoms with Crippen molar-refractivity contribution in [3.05, 3.63) is 107 Å². The number of carbonyl (C=O) groups excluding carboxylic acids is 2. The number of aryl methyl sites for hydroxylation is 2. The molecule has 0 saturated carbocycles. The highest BCUT2D eigenvalue weighted by atomic mass is 19.1. The molecule has 0 spiro atoms. The van der Waals surface area contributed by atoms with E-state index in [1.165, 1.54) is 34.7 Å². The van der Waals surface area contributed by atoms with Gasteiger partial charge >= 0.3 is 0 Å². The van der Waals surface area contributed by atoms with Gasteiger partial charge in [-0.25, -0.2) is 4.39 Å². The van der Waals surface area contributed by atoms with Gasteiger partial charge in [0.05, 0.1) is 12.1 Å². The van der Waals surface area contributed by atoms with Crippen LogP contribution >= 0.6 is 0 Å². The Bertz CT molecular complexity index is 1150. The van der Waals surface area contributed by atoms with Crippen molar-refractivity contribution in [3.8, 4) is 0 Å². The van der Waals surface area contributed by atoms with Crippen molar-refractivity contribution in [2.24, 2.45) is 0 Å². The third kappa shape index (κ3) is 4.26. The number of rotatable bonds is 6. The number of carbonyl (C=O) groups is 2. The van der Waals surface area contributed by atoms with Crippen LogP contribution in [0.2, 0.25) is 0 Å². The Morgan fingerprint density at radius 3 is 2.03 bits per heavy atom. The average molecular weight is 414 g/mol. The van der Waals surface area contributed by atoms with Crippen LogP contribution in [0, 0.1) is 12.7 Å².